The molecule has 14 heavy (non-hydrogen) atoms. The Labute approximate surface area is 84.0 Å². The second-order valence-corrected chi connectivity index (χ2v) is 4.90. The van der Waals surface area contributed by atoms with E-state index >= 15 is 0 Å². The van der Waals surface area contributed by atoms with Crippen molar-refractivity contribution in [3.05, 3.63) is 0 Å². The van der Waals surface area contributed by atoms with E-state index in [2.05, 4.69) is 13.0 Å². The molecule has 0 aromatic heterocycles. The van der Waals surface area contributed by atoms with Gasteiger partial charge >= 0.3 is 5.97 Å². The maximum Gasteiger partial charge on any atom is 0.307 e. The molecule has 0 unspecified atom stereocenters. The number of nitrogens with zero attached hydrogens (tertiary/aromatic N) is 1. The third-order valence-corrected chi connectivity index (χ3v) is 4.27. The summed E-state index contributed by atoms with van der Waals surface area (Å²) in [6.45, 7) is 4.10. The summed E-state index contributed by atoms with van der Waals surface area (Å²) in [7, 11) is 0. The number of hydrogen-bond acceptors (Lipinski definition) is 3. The molecule has 3 heteroatoms. The zero-order chi connectivity index (χ0) is 10.4. The first-order valence-corrected chi connectivity index (χ1v) is 5.11. The predicted octanol–water partition coefficient (Wildman–Crippen LogP) is 2.02. The maximum absolute atomic E-state index is 11.3. The molecular weight excluding hydrogens is 178 g/mol. The van der Waals surface area contributed by atoms with Gasteiger partial charge in [0.25, 0.3) is 0 Å². The molecule has 3 nitrogen and oxygen atoms in total. The van der Waals surface area contributed by atoms with E-state index < -0.39 is 0 Å². The van der Waals surface area contributed by atoms with Crippen molar-refractivity contribution in [2.24, 2.45) is 11.3 Å². The molecule has 1 aliphatic heterocycles. The number of fused-ring (bicyclic) bond motifs is 1. The number of hydrogen-bond donors (Lipinski definition) is 0. The molecule has 1 aliphatic carbocycles. The van der Waals surface area contributed by atoms with Gasteiger partial charge in [-0.05, 0) is 25.7 Å². The first-order valence-electron chi connectivity index (χ1n) is 5.11. The summed E-state index contributed by atoms with van der Waals surface area (Å²) in [5.74, 6) is 0.224. The predicted molar refractivity (Wildman–Crippen MR) is 50.2 cm³/mol. The van der Waals surface area contributed by atoms with Crippen LogP contribution in [0.2, 0.25) is 0 Å². The van der Waals surface area contributed by atoms with Gasteiger partial charge in [0.15, 0.2) is 0 Å². The van der Waals surface area contributed by atoms with Crippen molar-refractivity contribution in [1.82, 2.24) is 0 Å². The van der Waals surface area contributed by atoms with E-state index in [4.69, 9.17) is 10.00 Å². The van der Waals surface area contributed by atoms with Crippen molar-refractivity contribution in [3.63, 3.8) is 0 Å². The Morgan fingerprint density at radius 1 is 1.64 bits per heavy atom. The van der Waals surface area contributed by atoms with Crippen LogP contribution in [0.3, 0.4) is 0 Å². The monoisotopic (exact) mass is 193 g/mol. The van der Waals surface area contributed by atoms with Gasteiger partial charge in [-0.3, -0.25) is 4.79 Å². The molecule has 0 radical (unpaired) electrons. The molecule has 0 spiro atoms. The van der Waals surface area contributed by atoms with Crippen LogP contribution in [0, 0.1) is 22.7 Å². The van der Waals surface area contributed by atoms with Crippen LogP contribution in [0.4, 0.5) is 0 Å². The summed E-state index contributed by atoms with van der Waals surface area (Å²) in [5, 5.41) is 8.74. The molecule has 2 fully saturated rings. The third kappa shape index (κ3) is 1.00. The second-order valence-electron chi connectivity index (χ2n) is 4.90. The van der Waals surface area contributed by atoms with Gasteiger partial charge in [0.2, 0.25) is 0 Å². The third-order valence-electron chi connectivity index (χ3n) is 4.27. The largest absolute Gasteiger partial charge is 0.459 e. The van der Waals surface area contributed by atoms with Crippen LogP contribution < -0.4 is 0 Å². The molecule has 1 saturated carbocycles. The van der Waals surface area contributed by atoms with Crippen molar-refractivity contribution in [2.75, 3.05) is 0 Å². The Balaban J connectivity index is 2.30. The van der Waals surface area contributed by atoms with Gasteiger partial charge < -0.3 is 4.74 Å². The standard InChI is InChI=1S/C11H15NO2/c1-10-7-9(13)14-11(10,2)5-3-8(10)4-6-12/h8H,3-5,7H2,1-2H3/t8-,10+,11-/m0/s1. The summed E-state index contributed by atoms with van der Waals surface area (Å²) < 4.78 is 5.40. The normalized spacial score (nSPS) is 45.8. The molecule has 1 saturated heterocycles. The first-order chi connectivity index (χ1) is 6.52. The smallest absolute Gasteiger partial charge is 0.307 e. The summed E-state index contributed by atoms with van der Waals surface area (Å²) in [6.07, 6.45) is 2.94. The van der Waals surface area contributed by atoms with Crippen molar-refractivity contribution >= 4 is 5.97 Å². The highest BCUT2D eigenvalue weighted by Gasteiger charge is 2.61. The summed E-state index contributed by atoms with van der Waals surface area (Å²) in [6, 6.07) is 2.21. The van der Waals surface area contributed by atoms with Crippen molar-refractivity contribution in [1.29, 1.82) is 5.26 Å². The zero-order valence-corrected chi connectivity index (χ0v) is 8.67. The van der Waals surface area contributed by atoms with Crippen molar-refractivity contribution in [3.8, 4) is 6.07 Å². The van der Waals surface area contributed by atoms with Crippen LogP contribution in [0.25, 0.3) is 0 Å². The van der Waals surface area contributed by atoms with Crippen LogP contribution in [-0.2, 0) is 9.53 Å². The van der Waals surface area contributed by atoms with E-state index in [1.54, 1.807) is 0 Å². The van der Waals surface area contributed by atoms with E-state index in [1.165, 1.54) is 0 Å². The van der Waals surface area contributed by atoms with E-state index in [1.807, 2.05) is 6.92 Å². The van der Waals surface area contributed by atoms with E-state index in [-0.39, 0.29) is 17.0 Å². The SMILES string of the molecule is C[C@]12CC[C@@H](CC#N)[C@@]1(C)CC(=O)O2. The highest BCUT2D eigenvalue weighted by molar-refractivity contribution is 5.74. The number of carbonyl (C=O) groups is 1. The number of rotatable bonds is 1. The van der Waals surface area contributed by atoms with Crippen LogP contribution in [0.1, 0.15) is 39.5 Å². The van der Waals surface area contributed by atoms with Gasteiger partial charge in [-0.2, -0.15) is 5.26 Å². The highest BCUT2D eigenvalue weighted by atomic mass is 16.6. The molecule has 0 aromatic carbocycles. The van der Waals surface area contributed by atoms with E-state index in [9.17, 15) is 4.79 Å². The lowest BCUT2D eigenvalue weighted by molar-refractivity contribution is -0.148. The van der Waals surface area contributed by atoms with E-state index in [0.29, 0.717) is 18.8 Å². The van der Waals surface area contributed by atoms with Crippen LogP contribution in [0.5, 0.6) is 0 Å². The lowest BCUT2D eigenvalue weighted by atomic mass is 9.70. The molecule has 0 aromatic rings. The highest BCUT2D eigenvalue weighted by Crippen LogP contribution is 2.59. The van der Waals surface area contributed by atoms with Crippen LogP contribution in [0.15, 0.2) is 0 Å². The van der Waals surface area contributed by atoms with Gasteiger partial charge in [-0.25, -0.2) is 0 Å². The molecule has 76 valence electrons. The summed E-state index contributed by atoms with van der Waals surface area (Å²) in [4.78, 5) is 11.3. The Hall–Kier alpha value is -1.04. The number of ether oxygens (including phenoxy) is 1. The van der Waals surface area contributed by atoms with Crippen LogP contribution in [-0.4, -0.2) is 11.6 Å². The zero-order valence-electron chi connectivity index (χ0n) is 8.67. The van der Waals surface area contributed by atoms with Gasteiger partial charge in [-0.1, -0.05) is 6.92 Å². The first kappa shape index (κ1) is 9.51. The fourth-order valence-electron chi connectivity index (χ4n) is 3.01. The minimum Gasteiger partial charge on any atom is -0.459 e. The molecule has 0 N–H and O–H groups in total. The summed E-state index contributed by atoms with van der Waals surface area (Å²) in [5.41, 5.74) is -0.425. The molecule has 2 rings (SSSR count). The quantitative estimate of drug-likeness (QED) is 0.598. The summed E-state index contributed by atoms with van der Waals surface area (Å²) >= 11 is 0. The number of carbonyl (C=O) groups excluding carboxylic acids is 1. The molecule has 0 amide bonds. The Morgan fingerprint density at radius 3 is 3.00 bits per heavy atom. The number of esters is 1. The van der Waals surface area contributed by atoms with Gasteiger partial charge in [0.1, 0.15) is 5.60 Å². The lowest BCUT2D eigenvalue weighted by Gasteiger charge is -2.34. The molecular formula is C11H15NO2. The molecule has 1 heterocycles. The van der Waals surface area contributed by atoms with Crippen LogP contribution >= 0.6 is 0 Å². The average molecular weight is 193 g/mol. The van der Waals surface area contributed by atoms with Crippen molar-refractivity contribution < 1.29 is 9.53 Å². The molecule has 0 bridgehead atoms. The van der Waals surface area contributed by atoms with E-state index in [0.717, 1.165) is 12.8 Å². The minimum absolute atomic E-state index is 0.0994. The van der Waals surface area contributed by atoms with Gasteiger partial charge in [-0.15, -0.1) is 0 Å². The molecule has 3 atom stereocenters. The Morgan fingerprint density at radius 2 is 2.36 bits per heavy atom. The van der Waals surface area contributed by atoms with Gasteiger partial charge in [0, 0.05) is 11.8 Å². The maximum atomic E-state index is 11.3. The second kappa shape index (κ2) is 2.73. The number of nitriles is 1. The average Bonchev–Trinajstić information content (AvgIpc) is 2.43. The fourth-order valence-corrected chi connectivity index (χ4v) is 3.01. The lowest BCUT2D eigenvalue weighted by Crippen LogP contribution is -2.38. The fraction of sp³-hybridized carbons (Fsp3) is 0.818. The topological polar surface area (TPSA) is 50.1 Å². The molecule has 2 aliphatic rings. The van der Waals surface area contributed by atoms with Crippen molar-refractivity contribution in [2.45, 2.75) is 45.1 Å². The Kier molecular flexibility index (Phi) is 1.85. The minimum atomic E-state index is -0.314. The van der Waals surface area contributed by atoms with Gasteiger partial charge in [0.05, 0.1) is 12.5 Å². The Bertz CT molecular complexity index is 320.